The molecule has 0 bridgehead atoms. The first-order chi connectivity index (χ1) is 12.5. The summed E-state index contributed by atoms with van der Waals surface area (Å²) in [5, 5.41) is 6.85. The van der Waals surface area contributed by atoms with E-state index < -0.39 is 5.82 Å². The topological polar surface area (TPSA) is 59.4 Å². The van der Waals surface area contributed by atoms with Gasteiger partial charge in [-0.05, 0) is 46.7 Å². The smallest absolute Gasteiger partial charge is 0.244 e. The van der Waals surface area contributed by atoms with Crippen LogP contribution in [0.4, 0.5) is 4.39 Å². The summed E-state index contributed by atoms with van der Waals surface area (Å²) in [7, 11) is 3.62. The fourth-order valence-electron chi connectivity index (χ4n) is 2.20. The minimum absolute atomic E-state index is 0.217. The van der Waals surface area contributed by atoms with Crippen molar-refractivity contribution in [2.75, 3.05) is 40.4 Å². The maximum Gasteiger partial charge on any atom is 0.244 e. The first-order valence-electron chi connectivity index (χ1n) is 8.13. The predicted molar refractivity (Wildman–Crippen MR) is 103 cm³/mol. The van der Waals surface area contributed by atoms with Gasteiger partial charge in [-0.2, -0.15) is 5.10 Å². The largest absolute Gasteiger partial charge is 0.383 e. The summed E-state index contributed by atoms with van der Waals surface area (Å²) in [6.07, 6.45) is 6.24. The van der Waals surface area contributed by atoms with Crippen LogP contribution in [0.5, 0.6) is 0 Å². The third kappa shape index (κ3) is 6.36. The summed E-state index contributed by atoms with van der Waals surface area (Å²) in [5.41, 5.74) is 0.946. The molecule has 6 nitrogen and oxygen atoms in total. The molecule has 140 valence electrons. The van der Waals surface area contributed by atoms with Gasteiger partial charge in [0.2, 0.25) is 5.91 Å². The molecule has 1 aromatic carbocycles. The molecule has 1 N–H and O–H groups in total. The zero-order valence-electron chi connectivity index (χ0n) is 14.8. The number of aromatic nitrogens is 2. The number of carbonyl (C=O) groups excluding carboxylic acids is 1. The number of nitrogens with zero attached hydrogens (tertiary/aromatic N) is 3. The normalized spacial score (nSPS) is 11.4. The molecule has 8 heteroatoms. The van der Waals surface area contributed by atoms with Crippen molar-refractivity contribution >= 4 is 27.9 Å². The van der Waals surface area contributed by atoms with E-state index in [1.165, 1.54) is 16.8 Å². The number of benzene rings is 1. The van der Waals surface area contributed by atoms with Gasteiger partial charge in [0.15, 0.2) is 0 Å². The molecule has 0 unspecified atom stereocenters. The average molecular weight is 425 g/mol. The van der Waals surface area contributed by atoms with E-state index in [0.29, 0.717) is 24.4 Å². The Morgan fingerprint density at radius 2 is 2.27 bits per heavy atom. The van der Waals surface area contributed by atoms with Gasteiger partial charge in [0.05, 0.1) is 17.3 Å². The fraction of sp³-hybridized carbons (Fsp3) is 0.333. The Hall–Kier alpha value is -2.03. The van der Waals surface area contributed by atoms with Crippen molar-refractivity contribution in [2.24, 2.45) is 0 Å². The van der Waals surface area contributed by atoms with Crippen LogP contribution < -0.4 is 5.32 Å². The van der Waals surface area contributed by atoms with E-state index in [-0.39, 0.29) is 5.91 Å². The summed E-state index contributed by atoms with van der Waals surface area (Å²) < 4.78 is 21.4. The van der Waals surface area contributed by atoms with Crippen LogP contribution in [0.1, 0.15) is 5.56 Å². The third-order valence-corrected chi connectivity index (χ3v) is 4.08. The predicted octanol–water partition coefficient (Wildman–Crippen LogP) is 2.48. The van der Waals surface area contributed by atoms with Crippen LogP contribution in [-0.4, -0.2) is 61.0 Å². The molecule has 2 rings (SSSR count). The number of carbonyl (C=O) groups is 1. The van der Waals surface area contributed by atoms with Gasteiger partial charge in [0, 0.05) is 39.0 Å². The number of likely N-dealkylation sites (N-methyl/N-ethyl adjacent to an activating group) is 1. The van der Waals surface area contributed by atoms with Gasteiger partial charge in [-0.15, -0.1) is 0 Å². The van der Waals surface area contributed by atoms with Crippen molar-refractivity contribution in [3.63, 3.8) is 0 Å². The number of methoxy groups -OCH3 is 1. The van der Waals surface area contributed by atoms with Crippen LogP contribution in [0, 0.1) is 5.82 Å². The molecule has 1 amide bonds. The second kappa shape index (κ2) is 10.2. The van der Waals surface area contributed by atoms with Crippen molar-refractivity contribution < 1.29 is 13.9 Å². The Bertz CT molecular complexity index is 763. The number of amides is 1. The lowest BCUT2D eigenvalue weighted by Crippen LogP contribution is -2.33. The maximum absolute atomic E-state index is 14.2. The van der Waals surface area contributed by atoms with E-state index >= 15 is 0 Å². The van der Waals surface area contributed by atoms with Crippen LogP contribution in [0.25, 0.3) is 11.8 Å². The Balaban J connectivity index is 1.86. The minimum Gasteiger partial charge on any atom is -0.383 e. The zero-order chi connectivity index (χ0) is 18.9. The van der Waals surface area contributed by atoms with E-state index in [1.807, 2.05) is 7.05 Å². The molecule has 0 radical (unpaired) electrons. The van der Waals surface area contributed by atoms with Crippen LogP contribution in [0.15, 0.2) is 41.1 Å². The minimum atomic E-state index is -0.414. The van der Waals surface area contributed by atoms with Gasteiger partial charge in [0.25, 0.3) is 0 Å². The first kappa shape index (κ1) is 20.3. The molecule has 0 spiro atoms. The second-order valence-corrected chi connectivity index (χ2v) is 6.65. The highest BCUT2D eigenvalue weighted by Crippen LogP contribution is 2.17. The Morgan fingerprint density at radius 1 is 1.46 bits per heavy atom. The van der Waals surface area contributed by atoms with Crippen LogP contribution >= 0.6 is 15.9 Å². The lowest BCUT2D eigenvalue weighted by Gasteiger charge is -2.15. The van der Waals surface area contributed by atoms with Gasteiger partial charge >= 0.3 is 0 Å². The fourth-order valence-corrected chi connectivity index (χ4v) is 2.49. The van der Waals surface area contributed by atoms with E-state index in [4.69, 9.17) is 4.74 Å². The molecular weight excluding hydrogens is 403 g/mol. The van der Waals surface area contributed by atoms with E-state index in [2.05, 4.69) is 31.2 Å². The number of halogens is 2. The summed E-state index contributed by atoms with van der Waals surface area (Å²) >= 11 is 3.28. The third-order valence-electron chi connectivity index (χ3n) is 3.67. The monoisotopic (exact) mass is 424 g/mol. The van der Waals surface area contributed by atoms with Crippen molar-refractivity contribution in [3.05, 3.63) is 52.5 Å². The highest BCUT2D eigenvalue weighted by molar-refractivity contribution is 9.10. The summed E-state index contributed by atoms with van der Waals surface area (Å²) in [4.78, 5) is 13.9. The number of ether oxygens (including phenoxy) is 1. The molecular formula is C18H22BrFN4O2. The van der Waals surface area contributed by atoms with Crippen molar-refractivity contribution in [1.82, 2.24) is 20.0 Å². The SMILES string of the molecule is COCCN(C)CCNC(=O)/C=C/c1ccc(-n2cc(Br)cn2)c(F)c1. The van der Waals surface area contributed by atoms with Crippen LogP contribution in [-0.2, 0) is 9.53 Å². The van der Waals surface area contributed by atoms with Crippen molar-refractivity contribution in [2.45, 2.75) is 0 Å². The molecule has 0 aliphatic carbocycles. The van der Waals surface area contributed by atoms with E-state index in [1.54, 1.807) is 37.7 Å². The highest BCUT2D eigenvalue weighted by Gasteiger charge is 2.06. The molecule has 0 saturated heterocycles. The van der Waals surface area contributed by atoms with Crippen LogP contribution in [0.3, 0.4) is 0 Å². The first-order valence-corrected chi connectivity index (χ1v) is 8.92. The van der Waals surface area contributed by atoms with Gasteiger partial charge in [-0.1, -0.05) is 6.07 Å². The standard InChI is InChI=1S/C18H22BrFN4O2/c1-23(9-10-26-2)8-7-21-18(25)6-4-14-3-5-17(16(20)11-14)24-13-15(19)12-22-24/h3-6,11-13H,7-10H2,1-2H3,(H,21,25)/b6-4+. The Labute approximate surface area is 160 Å². The zero-order valence-corrected chi connectivity index (χ0v) is 16.4. The number of hydrogen-bond acceptors (Lipinski definition) is 4. The Kier molecular flexibility index (Phi) is 7.96. The van der Waals surface area contributed by atoms with E-state index in [9.17, 15) is 9.18 Å². The summed E-state index contributed by atoms with van der Waals surface area (Å²) in [5.74, 6) is -0.631. The van der Waals surface area contributed by atoms with Gasteiger partial charge < -0.3 is 15.0 Å². The molecule has 26 heavy (non-hydrogen) atoms. The van der Waals surface area contributed by atoms with Crippen molar-refractivity contribution in [1.29, 1.82) is 0 Å². The molecule has 0 saturated carbocycles. The average Bonchev–Trinajstić information content (AvgIpc) is 3.04. The Morgan fingerprint density at radius 3 is 2.92 bits per heavy atom. The molecule has 1 heterocycles. The van der Waals surface area contributed by atoms with Gasteiger partial charge in [0.1, 0.15) is 11.5 Å². The van der Waals surface area contributed by atoms with Crippen LogP contribution in [0.2, 0.25) is 0 Å². The molecule has 0 aliphatic heterocycles. The summed E-state index contributed by atoms with van der Waals surface area (Å²) in [6, 6.07) is 4.72. The number of hydrogen-bond donors (Lipinski definition) is 1. The summed E-state index contributed by atoms with van der Waals surface area (Å²) in [6.45, 7) is 2.72. The number of nitrogens with one attached hydrogen (secondary N) is 1. The lowest BCUT2D eigenvalue weighted by molar-refractivity contribution is -0.116. The molecule has 0 atom stereocenters. The van der Waals surface area contributed by atoms with Gasteiger partial charge in [-0.3, -0.25) is 4.79 Å². The highest BCUT2D eigenvalue weighted by atomic mass is 79.9. The molecule has 1 aromatic heterocycles. The second-order valence-electron chi connectivity index (χ2n) is 5.73. The maximum atomic E-state index is 14.2. The molecule has 0 fully saturated rings. The quantitative estimate of drug-likeness (QED) is 0.628. The van der Waals surface area contributed by atoms with E-state index in [0.717, 1.165) is 17.6 Å². The number of rotatable bonds is 9. The molecule has 2 aromatic rings. The lowest BCUT2D eigenvalue weighted by atomic mass is 10.2. The van der Waals surface area contributed by atoms with Gasteiger partial charge in [-0.25, -0.2) is 9.07 Å². The van der Waals surface area contributed by atoms with Crippen molar-refractivity contribution in [3.8, 4) is 5.69 Å². The molecule has 0 aliphatic rings.